The average molecular weight is 290 g/mol. The molecule has 3 aromatic rings. The zero-order valence-corrected chi connectivity index (χ0v) is 12.3. The van der Waals surface area contributed by atoms with Gasteiger partial charge in [0.1, 0.15) is 0 Å². The van der Waals surface area contributed by atoms with Crippen LogP contribution in [-0.2, 0) is 6.54 Å². The fraction of sp³-hybridized carbons (Fsp3) is 0.211. The number of fused-ring (bicyclic) bond motifs is 1. The summed E-state index contributed by atoms with van der Waals surface area (Å²) < 4.78 is 0. The Bertz CT molecular complexity index is 802. The quantitative estimate of drug-likeness (QED) is 0.775. The molecule has 1 fully saturated rings. The number of benzene rings is 2. The molecule has 110 valence electrons. The van der Waals surface area contributed by atoms with E-state index in [9.17, 15) is 4.79 Å². The van der Waals surface area contributed by atoms with Gasteiger partial charge in [-0.15, -0.1) is 0 Å². The highest BCUT2D eigenvalue weighted by Gasteiger charge is 2.33. The largest absolute Gasteiger partial charge is 0.361 e. The lowest BCUT2D eigenvalue weighted by molar-refractivity contribution is 0.0730. The van der Waals surface area contributed by atoms with Crippen LogP contribution in [0.1, 0.15) is 28.8 Å². The van der Waals surface area contributed by atoms with Crippen LogP contribution >= 0.6 is 0 Å². The lowest BCUT2D eigenvalue weighted by atomic mass is 10.1. The molecule has 2 aromatic carbocycles. The number of aromatic amines is 1. The van der Waals surface area contributed by atoms with Gasteiger partial charge in [-0.05, 0) is 42.7 Å². The normalized spacial score (nSPS) is 14.2. The van der Waals surface area contributed by atoms with Gasteiger partial charge < -0.3 is 9.88 Å². The summed E-state index contributed by atoms with van der Waals surface area (Å²) in [6.45, 7) is 0.690. The molecule has 22 heavy (non-hydrogen) atoms. The highest BCUT2D eigenvalue weighted by Crippen LogP contribution is 2.30. The van der Waals surface area contributed by atoms with Crippen molar-refractivity contribution in [1.82, 2.24) is 9.88 Å². The van der Waals surface area contributed by atoms with E-state index in [2.05, 4.69) is 17.1 Å². The fourth-order valence-corrected chi connectivity index (χ4v) is 2.89. The van der Waals surface area contributed by atoms with Gasteiger partial charge in [0.05, 0.1) is 0 Å². The summed E-state index contributed by atoms with van der Waals surface area (Å²) in [4.78, 5) is 18.1. The molecule has 1 heterocycles. The van der Waals surface area contributed by atoms with Crippen LogP contribution in [0.5, 0.6) is 0 Å². The van der Waals surface area contributed by atoms with E-state index < -0.39 is 0 Å². The predicted molar refractivity (Wildman–Crippen MR) is 87.6 cm³/mol. The molecule has 1 amide bonds. The van der Waals surface area contributed by atoms with E-state index in [0.29, 0.717) is 12.6 Å². The van der Waals surface area contributed by atoms with Crippen molar-refractivity contribution in [2.45, 2.75) is 25.4 Å². The second-order valence-electron chi connectivity index (χ2n) is 5.93. The lowest BCUT2D eigenvalue weighted by Gasteiger charge is -2.22. The van der Waals surface area contributed by atoms with Crippen molar-refractivity contribution in [2.75, 3.05) is 0 Å². The minimum Gasteiger partial charge on any atom is -0.361 e. The third-order valence-corrected chi connectivity index (χ3v) is 4.24. The summed E-state index contributed by atoms with van der Waals surface area (Å²) in [5.41, 5.74) is 3.03. The molecule has 0 spiro atoms. The molecule has 0 saturated heterocycles. The van der Waals surface area contributed by atoms with E-state index in [1.807, 2.05) is 53.6 Å². The first-order valence-corrected chi connectivity index (χ1v) is 7.73. The van der Waals surface area contributed by atoms with Crippen LogP contribution < -0.4 is 0 Å². The summed E-state index contributed by atoms with van der Waals surface area (Å²) >= 11 is 0. The van der Waals surface area contributed by atoms with Crippen molar-refractivity contribution in [3.63, 3.8) is 0 Å². The second kappa shape index (κ2) is 5.34. The number of amides is 1. The first-order valence-electron chi connectivity index (χ1n) is 7.73. The predicted octanol–water partition coefficient (Wildman–Crippen LogP) is 3.97. The Hall–Kier alpha value is -2.55. The fourth-order valence-electron chi connectivity index (χ4n) is 2.89. The Morgan fingerprint density at radius 3 is 2.68 bits per heavy atom. The molecular formula is C19H18N2O. The Balaban J connectivity index is 1.62. The van der Waals surface area contributed by atoms with Crippen LogP contribution in [0.3, 0.4) is 0 Å². The number of nitrogens with zero attached hydrogens (tertiary/aromatic N) is 1. The Labute approximate surface area is 129 Å². The van der Waals surface area contributed by atoms with Crippen LogP contribution in [0.25, 0.3) is 10.9 Å². The summed E-state index contributed by atoms with van der Waals surface area (Å²) in [5.74, 6) is 0.134. The molecule has 0 bridgehead atoms. The zero-order valence-electron chi connectivity index (χ0n) is 12.3. The topological polar surface area (TPSA) is 36.1 Å². The molecule has 3 nitrogen and oxygen atoms in total. The molecule has 4 rings (SSSR count). The van der Waals surface area contributed by atoms with Gasteiger partial charge in [-0.2, -0.15) is 0 Å². The van der Waals surface area contributed by atoms with Crippen LogP contribution in [0.2, 0.25) is 0 Å². The van der Waals surface area contributed by atoms with E-state index in [0.717, 1.165) is 29.3 Å². The number of aromatic nitrogens is 1. The number of rotatable bonds is 4. The van der Waals surface area contributed by atoms with E-state index in [1.165, 1.54) is 5.56 Å². The van der Waals surface area contributed by atoms with Crippen molar-refractivity contribution in [1.29, 1.82) is 0 Å². The first kappa shape index (κ1) is 13.1. The van der Waals surface area contributed by atoms with Gasteiger partial charge in [0.15, 0.2) is 0 Å². The summed E-state index contributed by atoms with van der Waals surface area (Å²) in [7, 11) is 0. The maximum absolute atomic E-state index is 12.9. The Morgan fingerprint density at radius 2 is 1.91 bits per heavy atom. The van der Waals surface area contributed by atoms with Crippen molar-refractivity contribution >= 4 is 16.8 Å². The number of H-pyrrole nitrogens is 1. The Morgan fingerprint density at radius 1 is 1.09 bits per heavy atom. The van der Waals surface area contributed by atoms with Crippen molar-refractivity contribution < 1.29 is 4.79 Å². The number of carbonyl (C=O) groups is 1. The molecular weight excluding hydrogens is 272 g/mol. The van der Waals surface area contributed by atoms with Crippen molar-refractivity contribution in [3.8, 4) is 0 Å². The third-order valence-electron chi connectivity index (χ3n) is 4.24. The van der Waals surface area contributed by atoms with Gasteiger partial charge in [-0.3, -0.25) is 4.79 Å². The number of carbonyl (C=O) groups excluding carboxylic acids is 1. The maximum Gasteiger partial charge on any atom is 0.254 e. The molecule has 1 aliphatic carbocycles. The van der Waals surface area contributed by atoms with Crippen LogP contribution in [0.15, 0.2) is 60.8 Å². The van der Waals surface area contributed by atoms with E-state index in [1.54, 1.807) is 0 Å². The van der Waals surface area contributed by atoms with E-state index >= 15 is 0 Å². The van der Waals surface area contributed by atoms with Gasteiger partial charge >= 0.3 is 0 Å². The molecule has 1 saturated carbocycles. The SMILES string of the molecule is O=C(c1ccc2[nH]ccc2c1)N(Cc1ccccc1)C1CC1. The van der Waals surface area contributed by atoms with Gasteiger partial charge in [-0.25, -0.2) is 0 Å². The minimum absolute atomic E-state index is 0.134. The molecule has 1 aromatic heterocycles. The molecule has 0 atom stereocenters. The molecule has 0 radical (unpaired) electrons. The van der Waals surface area contributed by atoms with Crippen LogP contribution in [0, 0.1) is 0 Å². The highest BCUT2D eigenvalue weighted by atomic mass is 16.2. The molecule has 0 aliphatic heterocycles. The zero-order chi connectivity index (χ0) is 14.9. The smallest absolute Gasteiger partial charge is 0.254 e. The maximum atomic E-state index is 12.9. The second-order valence-corrected chi connectivity index (χ2v) is 5.93. The molecule has 1 N–H and O–H groups in total. The third kappa shape index (κ3) is 2.50. The van der Waals surface area contributed by atoms with Gasteiger partial charge in [0, 0.05) is 35.2 Å². The summed E-state index contributed by atoms with van der Waals surface area (Å²) in [6, 6.07) is 18.5. The molecule has 1 aliphatic rings. The number of hydrogen-bond acceptors (Lipinski definition) is 1. The molecule has 3 heteroatoms. The van der Waals surface area contributed by atoms with E-state index in [4.69, 9.17) is 0 Å². The summed E-state index contributed by atoms with van der Waals surface area (Å²) in [5, 5.41) is 1.08. The molecule has 0 unspecified atom stereocenters. The number of nitrogens with one attached hydrogen (secondary N) is 1. The first-order chi connectivity index (χ1) is 10.8. The highest BCUT2D eigenvalue weighted by molar-refractivity contribution is 5.98. The monoisotopic (exact) mass is 290 g/mol. The summed E-state index contributed by atoms with van der Waals surface area (Å²) in [6.07, 6.45) is 4.14. The van der Waals surface area contributed by atoms with Gasteiger partial charge in [0.2, 0.25) is 0 Å². The van der Waals surface area contributed by atoms with Gasteiger partial charge in [-0.1, -0.05) is 30.3 Å². The lowest BCUT2D eigenvalue weighted by Crippen LogP contribution is -2.32. The van der Waals surface area contributed by atoms with Crippen molar-refractivity contribution in [3.05, 3.63) is 71.9 Å². The Kier molecular flexibility index (Phi) is 3.19. The van der Waals surface area contributed by atoms with Crippen molar-refractivity contribution in [2.24, 2.45) is 0 Å². The number of hydrogen-bond donors (Lipinski definition) is 1. The standard InChI is InChI=1S/C19H18N2O/c22-19(16-6-9-18-15(12-16)10-11-20-18)21(17-7-8-17)13-14-4-2-1-3-5-14/h1-6,9-12,17,20H,7-8,13H2. The van der Waals surface area contributed by atoms with E-state index in [-0.39, 0.29) is 5.91 Å². The van der Waals surface area contributed by atoms with Gasteiger partial charge in [0.25, 0.3) is 5.91 Å². The minimum atomic E-state index is 0.134. The average Bonchev–Trinajstić information content (AvgIpc) is 3.29. The van der Waals surface area contributed by atoms with Crippen LogP contribution in [0.4, 0.5) is 0 Å². The van der Waals surface area contributed by atoms with Crippen LogP contribution in [-0.4, -0.2) is 21.8 Å².